The van der Waals surface area contributed by atoms with E-state index in [-0.39, 0.29) is 12.5 Å². The summed E-state index contributed by atoms with van der Waals surface area (Å²) in [5.41, 5.74) is 0. The summed E-state index contributed by atoms with van der Waals surface area (Å²) in [6.07, 6.45) is 82.0. The van der Waals surface area contributed by atoms with Gasteiger partial charge in [0, 0.05) is 6.42 Å². The fourth-order valence-corrected chi connectivity index (χ4v) is 9.86. The molecule has 0 aromatic rings. The first-order valence-corrected chi connectivity index (χ1v) is 31.2. The van der Waals surface area contributed by atoms with Crippen LogP contribution in [0, 0.1) is 0 Å². The van der Waals surface area contributed by atoms with Gasteiger partial charge in [-0.25, -0.2) is 0 Å². The molecule has 1 amide bonds. The molecule has 0 radical (unpaired) electrons. The third-order valence-electron chi connectivity index (χ3n) is 14.6. The van der Waals surface area contributed by atoms with Crippen LogP contribution in [0.2, 0.25) is 0 Å². The van der Waals surface area contributed by atoms with Gasteiger partial charge in [0.25, 0.3) is 0 Å². The Morgan fingerprint density at radius 2 is 0.574 bits per heavy atom. The van der Waals surface area contributed by atoms with Crippen molar-refractivity contribution in [2.24, 2.45) is 0 Å². The van der Waals surface area contributed by atoms with E-state index >= 15 is 0 Å². The van der Waals surface area contributed by atoms with Gasteiger partial charge in [0.2, 0.25) is 5.91 Å². The van der Waals surface area contributed by atoms with Crippen LogP contribution in [-0.4, -0.2) is 34.9 Å². The Bertz CT molecular complexity index is 1040. The second-order valence-corrected chi connectivity index (χ2v) is 21.5. The molecular formula is C64H123NO3. The molecule has 0 aromatic carbocycles. The van der Waals surface area contributed by atoms with Crippen molar-refractivity contribution in [3.05, 3.63) is 36.5 Å². The van der Waals surface area contributed by atoms with Crippen LogP contribution in [0.25, 0.3) is 0 Å². The number of carbonyl (C=O) groups excluding carboxylic acids is 1. The van der Waals surface area contributed by atoms with E-state index in [0.29, 0.717) is 6.42 Å². The van der Waals surface area contributed by atoms with Crippen molar-refractivity contribution in [3.8, 4) is 0 Å². The predicted molar refractivity (Wildman–Crippen MR) is 304 cm³/mol. The van der Waals surface area contributed by atoms with Crippen molar-refractivity contribution in [2.45, 2.75) is 360 Å². The fourth-order valence-electron chi connectivity index (χ4n) is 9.86. The normalized spacial score (nSPS) is 12.9. The first-order chi connectivity index (χ1) is 33.7. The predicted octanol–water partition coefficient (Wildman–Crippen LogP) is 20.8. The number of amides is 1. The average molecular weight is 955 g/mol. The number of carbonyl (C=O) groups is 1. The van der Waals surface area contributed by atoms with E-state index in [9.17, 15) is 15.0 Å². The van der Waals surface area contributed by atoms with Gasteiger partial charge < -0.3 is 15.5 Å². The highest BCUT2D eigenvalue weighted by Crippen LogP contribution is 2.18. The minimum Gasteiger partial charge on any atom is -0.394 e. The fraction of sp³-hybridized carbons (Fsp3) is 0.891. The second-order valence-electron chi connectivity index (χ2n) is 21.5. The highest BCUT2D eigenvalue weighted by atomic mass is 16.3. The van der Waals surface area contributed by atoms with Crippen LogP contribution in [0.5, 0.6) is 0 Å². The largest absolute Gasteiger partial charge is 0.394 e. The van der Waals surface area contributed by atoms with Gasteiger partial charge in [0.15, 0.2) is 0 Å². The summed E-state index contributed by atoms with van der Waals surface area (Å²) in [4.78, 5) is 12.5. The molecule has 4 nitrogen and oxygen atoms in total. The first-order valence-electron chi connectivity index (χ1n) is 31.2. The van der Waals surface area contributed by atoms with Crippen LogP contribution in [0.1, 0.15) is 348 Å². The molecule has 0 aromatic heterocycles. The van der Waals surface area contributed by atoms with E-state index in [1.807, 2.05) is 6.08 Å². The number of hydrogen-bond acceptors (Lipinski definition) is 3. The molecule has 0 rings (SSSR count). The molecule has 0 heterocycles. The Hall–Kier alpha value is -1.39. The van der Waals surface area contributed by atoms with Gasteiger partial charge in [0.1, 0.15) is 0 Å². The number of hydrogen-bond donors (Lipinski definition) is 3. The Labute approximate surface area is 427 Å². The summed E-state index contributed by atoms with van der Waals surface area (Å²) in [6.45, 7) is 4.34. The third kappa shape index (κ3) is 55.5. The van der Waals surface area contributed by atoms with Crippen molar-refractivity contribution in [1.82, 2.24) is 5.32 Å². The highest BCUT2D eigenvalue weighted by molar-refractivity contribution is 5.76. The summed E-state index contributed by atoms with van der Waals surface area (Å²) < 4.78 is 0. The minimum atomic E-state index is -0.869. The van der Waals surface area contributed by atoms with Crippen LogP contribution in [0.15, 0.2) is 36.5 Å². The zero-order chi connectivity index (χ0) is 49.2. The first kappa shape index (κ1) is 66.6. The van der Waals surface area contributed by atoms with Crippen LogP contribution in [0.3, 0.4) is 0 Å². The molecule has 2 atom stereocenters. The number of allylic oxidation sites excluding steroid dienone is 5. The molecular weight excluding hydrogens is 831 g/mol. The lowest BCUT2D eigenvalue weighted by atomic mass is 10.0. The molecule has 0 aliphatic carbocycles. The maximum atomic E-state index is 12.5. The Balaban J connectivity index is 3.47. The molecule has 0 saturated carbocycles. The molecule has 4 heteroatoms. The Kier molecular flexibility index (Phi) is 58.7. The topological polar surface area (TPSA) is 69.6 Å². The lowest BCUT2D eigenvalue weighted by Gasteiger charge is -2.19. The van der Waals surface area contributed by atoms with E-state index in [1.165, 1.54) is 289 Å². The zero-order valence-electron chi connectivity index (χ0n) is 46.4. The van der Waals surface area contributed by atoms with Gasteiger partial charge >= 0.3 is 0 Å². The van der Waals surface area contributed by atoms with E-state index in [2.05, 4.69) is 43.5 Å². The molecule has 3 N–H and O–H groups in total. The lowest BCUT2D eigenvalue weighted by Crippen LogP contribution is -2.45. The van der Waals surface area contributed by atoms with Crippen molar-refractivity contribution in [3.63, 3.8) is 0 Å². The number of aliphatic hydroxyl groups excluding tert-OH is 2. The van der Waals surface area contributed by atoms with Gasteiger partial charge in [-0.2, -0.15) is 0 Å². The average Bonchev–Trinajstić information content (AvgIpc) is 3.34. The van der Waals surface area contributed by atoms with E-state index in [1.54, 1.807) is 6.08 Å². The summed E-state index contributed by atoms with van der Waals surface area (Å²) in [5.74, 6) is -0.0707. The molecule has 0 spiro atoms. The van der Waals surface area contributed by atoms with Crippen LogP contribution in [0.4, 0.5) is 0 Å². The van der Waals surface area contributed by atoms with Crippen LogP contribution >= 0.6 is 0 Å². The van der Waals surface area contributed by atoms with Crippen molar-refractivity contribution < 1.29 is 15.0 Å². The summed E-state index contributed by atoms with van der Waals surface area (Å²) in [7, 11) is 0. The van der Waals surface area contributed by atoms with Crippen molar-refractivity contribution in [1.29, 1.82) is 0 Å². The standard InChI is InChI=1S/C64H123NO3/c1-3-5-7-9-11-13-15-17-19-21-23-25-27-29-30-31-32-33-34-35-36-38-40-42-44-46-48-50-52-54-56-58-60-64(68)65-62(61-66)63(67)59-57-55-53-51-49-47-45-43-41-39-37-28-26-24-22-20-18-16-14-12-10-8-6-4-2/h41,43,49,51,57,59,62-63,66-67H,3-40,42,44-48,50,52-56,58,60-61H2,1-2H3,(H,65,68)/b43-41+,51-49+,59-57+. The molecule has 0 saturated heterocycles. The Morgan fingerprint density at radius 3 is 0.853 bits per heavy atom. The van der Waals surface area contributed by atoms with E-state index in [0.717, 1.165) is 38.5 Å². The van der Waals surface area contributed by atoms with E-state index in [4.69, 9.17) is 0 Å². The minimum absolute atomic E-state index is 0.0707. The summed E-state index contributed by atoms with van der Waals surface area (Å²) in [5, 5.41) is 23.2. The number of unbranched alkanes of at least 4 members (excludes halogenated alkanes) is 47. The molecule has 402 valence electrons. The molecule has 0 aliphatic heterocycles. The smallest absolute Gasteiger partial charge is 0.220 e. The number of rotatable bonds is 58. The molecule has 0 fully saturated rings. The quantitative estimate of drug-likeness (QED) is 0.0420. The zero-order valence-corrected chi connectivity index (χ0v) is 46.4. The molecule has 2 unspecified atom stereocenters. The number of nitrogens with one attached hydrogen (secondary N) is 1. The molecule has 0 aliphatic rings. The number of aliphatic hydroxyl groups is 2. The summed E-state index contributed by atoms with van der Waals surface area (Å²) >= 11 is 0. The van der Waals surface area contributed by atoms with E-state index < -0.39 is 12.1 Å². The van der Waals surface area contributed by atoms with Gasteiger partial charge in [-0.15, -0.1) is 0 Å². The van der Waals surface area contributed by atoms with Crippen molar-refractivity contribution in [2.75, 3.05) is 6.61 Å². The molecule has 0 bridgehead atoms. The lowest BCUT2D eigenvalue weighted by molar-refractivity contribution is -0.123. The highest BCUT2D eigenvalue weighted by Gasteiger charge is 2.18. The van der Waals surface area contributed by atoms with Crippen molar-refractivity contribution >= 4 is 5.91 Å². The SMILES string of the molecule is CCCCCCCCCCCCCCCC/C=C/CC/C=C/CC/C=C/C(O)C(CO)NC(=O)CCCCCCCCCCCCCCCCCCCCCCCCCCCCCCCCCC. The second kappa shape index (κ2) is 59.9. The van der Waals surface area contributed by atoms with Gasteiger partial charge in [-0.1, -0.05) is 333 Å². The maximum Gasteiger partial charge on any atom is 0.220 e. The van der Waals surface area contributed by atoms with Gasteiger partial charge in [-0.05, 0) is 44.9 Å². The maximum absolute atomic E-state index is 12.5. The summed E-state index contributed by atoms with van der Waals surface area (Å²) in [6, 6.07) is -0.645. The van der Waals surface area contributed by atoms with Crippen LogP contribution < -0.4 is 5.32 Å². The molecule has 68 heavy (non-hydrogen) atoms. The van der Waals surface area contributed by atoms with Crippen LogP contribution in [-0.2, 0) is 4.79 Å². The Morgan fingerprint density at radius 1 is 0.338 bits per heavy atom. The van der Waals surface area contributed by atoms with Gasteiger partial charge in [-0.3, -0.25) is 4.79 Å². The monoisotopic (exact) mass is 954 g/mol. The third-order valence-corrected chi connectivity index (χ3v) is 14.6. The van der Waals surface area contributed by atoms with Gasteiger partial charge in [0.05, 0.1) is 18.8 Å².